The Morgan fingerprint density at radius 2 is 1.87 bits per heavy atom. The van der Waals surface area contributed by atoms with Crippen LogP contribution in [0.4, 0.5) is 5.82 Å². The molecule has 2 aromatic rings. The topological polar surface area (TPSA) is 116 Å². The number of aryl methyl sites for hydroxylation is 1. The maximum absolute atomic E-state index is 9.78. The number of aliphatic hydroxyl groups excluding tert-OH is 1. The van der Waals surface area contributed by atoms with Gasteiger partial charge >= 0.3 is 0 Å². The third kappa shape index (κ3) is 4.01. The zero-order chi connectivity index (χ0) is 21.3. The van der Waals surface area contributed by atoms with E-state index in [0.717, 1.165) is 44.5 Å². The molecule has 2 aliphatic rings. The highest BCUT2D eigenvalue weighted by Gasteiger charge is 2.56. The molecule has 2 fully saturated rings. The second kappa shape index (κ2) is 8.70. The summed E-state index contributed by atoms with van der Waals surface area (Å²) in [6.45, 7) is 8.66. The molecule has 0 amide bonds. The van der Waals surface area contributed by atoms with Gasteiger partial charge < -0.3 is 24.6 Å². The van der Waals surface area contributed by atoms with E-state index in [4.69, 9.17) is 24.2 Å². The Morgan fingerprint density at radius 1 is 1.10 bits per heavy atom. The largest absolute Gasteiger partial charge is 0.394 e. The van der Waals surface area contributed by atoms with Crippen molar-refractivity contribution in [3.63, 3.8) is 0 Å². The first-order chi connectivity index (χ1) is 14.5. The number of ether oxygens (including phenoxy) is 3. The maximum atomic E-state index is 9.78. The Kier molecular flexibility index (Phi) is 6.19. The first-order valence-corrected chi connectivity index (χ1v) is 10.9. The zero-order valence-corrected chi connectivity index (χ0v) is 18.2. The average molecular weight is 421 g/mol. The quantitative estimate of drug-likeness (QED) is 0.589. The average Bonchev–Trinajstić information content (AvgIpc) is 3.36. The summed E-state index contributed by atoms with van der Waals surface area (Å²) in [4.78, 5) is 9.45. The predicted molar refractivity (Wildman–Crippen MR) is 110 cm³/mol. The van der Waals surface area contributed by atoms with Crippen molar-refractivity contribution in [2.45, 2.75) is 90.1 Å². The molecule has 0 unspecified atom stereocenters. The molecule has 0 aliphatic carbocycles. The van der Waals surface area contributed by atoms with Crippen LogP contribution in [-0.2, 0) is 20.6 Å². The van der Waals surface area contributed by atoms with Gasteiger partial charge in [0.2, 0.25) is 0 Å². The lowest BCUT2D eigenvalue weighted by Crippen LogP contribution is -2.31. The minimum atomic E-state index is -0.755. The molecule has 2 aliphatic heterocycles. The normalized spacial score (nSPS) is 27.6. The number of unbranched alkanes of at least 4 members (excludes halogenated alkanes) is 2. The van der Waals surface area contributed by atoms with E-state index in [0.29, 0.717) is 17.0 Å². The summed E-state index contributed by atoms with van der Waals surface area (Å²) < 4.78 is 19.8. The van der Waals surface area contributed by atoms with Crippen molar-refractivity contribution in [1.82, 2.24) is 25.0 Å². The molecule has 4 heterocycles. The van der Waals surface area contributed by atoms with Gasteiger partial charge in [0, 0.05) is 13.0 Å². The van der Waals surface area contributed by atoms with Crippen LogP contribution >= 0.6 is 0 Å². The van der Waals surface area contributed by atoms with E-state index < -0.39 is 24.2 Å². The van der Waals surface area contributed by atoms with Crippen LogP contribution in [0.25, 0.3) is 11.2 Å². The minimum absolute atomic E-state index is 0.162. The molecule has 4 atom stereocenters. The first-order valence-electron chi connectivity index (χ1n) is 10.9. The van der Waals surface area contributed by atoms with Gasteiger partial charge in [-0.05, 0) is 26.7 Å². The Hall–Kier alpha value is -1.88. The van der Waals surface area contributed by atoms with Crippen molar-refractivity contribution in [2.75, 3.05) is 18.5 Å². The molecule has 4 rings (SSSR count). The molecule has 0 saturated carbocycles. The molecule has 0 aromatic carbocycles. The number of fused-ring (bicyclic) bond motifs is 2. The third-order valence-corrected chi connectivity index (χ3v) is 5.49. The van der Waals surface area contributed by atoms with Gasteiger partial charge in [-0.2, -0.15) is 4.68 Å². The lowest BCUT2D eigenvalue weighted by atomic mass is 10.1. The van der Waals surface area contributed by atoms with Gasteiger partial charge in [-0.3, -0.25) is 0 Å². The molecule has 10 heteroatoms. The number of hydrogen-bond donors (Lipinski definition) is 2. The maximum Gasteiger partial charge on any atom is 0.186 e. The van der Waals surface area contributed by atoms with E-state index in [1.807, 2.05) is 13.8 Å². The smallest absolute Gasteiger partial charge is 0.186 e. The Balaban J connectivity index is 1.71. The second-order valence-electron chi connectivity index (χ2n) is 8.39. The van der Waals surface area contributed by atoms with Crippen molar-refractivity contribution >= 4 is 17.0 Å². The molecular weight excluding hydrogens is 388 g/mol. The number of nitrogens with one attached hydrogen (secondary N) is 1. The van der Waals surface area contributed by atoms with Crippen molar-refractivity contribution in [1.29, 1.82) is 0 Å². The van der Waals surface area contributed by atoms with E-state index in [-0.39, 0.29) is 12.7 Å². The summed E-state index contributed by atoms with van der Waals surface area (Å²) in [5.74, 6) is 0.696. The van der Waals surface area contributed by atoms with Crippen LogP contribution in [0.2, 0.25) is 0 Å². The molecule has 30 heavy (non-hydrogen) atoms. The first kappa shape index (κ1) is 21.4. The number of aliphatic hydroxyl groups is 1. The highest BCUT2D eigenvalue weighted by atomic mass is 16.8. The molecule has 10 nitrogen and oxygen atoms in total. The molecular formula is C20H32N6O4. The summed E-state index contributed by atoms with van der Waals surface area (Å²) in [5.41, 5.74) is 1.21. The lowest BCUT2D eigenvalue weighted by molar-refractivity contribution is -0.201. The zero-order valence-electron chi connectivity index (χ0n) is 18.2. The van der Waals surface area contributed by atoms with Crippen molar-refractivity contribution in [3.8, 4) is 0 Å². The molecule has 0 bridgehead atoms. The summed E-state index contributed by atoms with van der Waals surface area (Å²) in [6.07, 6.45) is 3.11. The van der Waals surface area contributed by atoms with Crippen molar-refractivity contribution in [2.24, 2.45) is 0 Å². The van der Waals surface area contributed by atoms with Crippen LogP contribution in [0.1, 0.15) is 65.4 Å². The SMILES string of the molecule is CCCCNc1nc(CCCC)nc2c1nnn2[C@@H]1O[C@H](CO)[C@H]2OC(C)(C)O[C@H]21. The van der Waals surface area contributed by atoms with E-state index in [2.05, 4.69) is 29.5 Å². The van der Waals surface area contributed by atoms with E-state index in [1.54, 1.807) is 4.68 Å². The minimum Gasteiger partial charge on any atom is -0.394 e. The number of nitrogens with zero attached hydrogens (tertiary/aromatic N) is 5. The fourth-order valence-corrected chi connectivity index (χ4v) is 4.00. The van der Waals surface area contributed by atoms with E-state index >= 15 is 0 Å². The lowest BCUT2D eigenvalue weighted by Gasteiger charge is -2.23. The van der Waals surface area contributed by atoms with Gasteiger partial charge in [0.1, 0.15) is 24.1 Å². The van der Waals surface area contributed by atoms with E-state index in [9.17, 15) is 5.11 Å². The number of aromatic nitrogens is 5. The fourth-order valence-electron chi connectivity index (χ4n) is 4.00. The number of hydrogen-bond acceptors (Lipinski definition) is 9. The number of anilines is 1. The van der Waals surface area contributed by atoms with Gasteiger partial charge in [0.25, 0.3) is 0 Å². The van der Waals surface area contributed by atoms with Crippen LogP contribution < -0.4 is 5.32 Å². The van der Waals surface area contributed by atoms with Gasteiger partial charge in [-0.15, -0.1) is 5.10 Å². The standard InChI is InChI=1S/C20H32N6O4/c1-5-7-9-13-22-17(21-10-8-6-2)14-18(23-13)26(25-24-14)19-16-15(12(11-27)28-19)29-20(3,4)30-16/h12,15-16,19,27H,5-11H2,1-4H3,(H,21,22,23)/t12-,15-,16-,19-/m1/s1. The molecule has 166 valence electrons. The molecule has 2 N–H and O–H groups in total. The van der Waals surface area contributed by atoms with Crippen LogP contribution in [0.3, 0.4) is 0 Å². The fraction of sp³-hybridized carbons (Fsp3) is 0.800. The summed E-state index contributed by atoms with van der Waals surface area (Å²) in [5, 5.41) is 21.9. The van der Waals surface area contributed by atoms with E-state index in [1.165, 1.54) is 0 Å². The monoisotopic (exact) mass is 420 g/mol. The van der Waals surface area contributed by atoms with Gasteiger partial charge in [0.05, 0.1) is 6.61 Å². The molecule has 0 spiro atoms. The Morgan fingerprint density at radius 3 is 2.60 bits per heavy atom. The van der Waals surface area contributed by atoms with Crippen LogP contribution in [-0.4, -0.2) is 67.3 Å². The molecule has 2 saturated heterocycles. The Bertz CT molecular complexity index is 872. The van der Waals surface area contributed by atoms with Crippen LogP contribution in [0.15, 0.2) is 0 Å². The van der Waals surface area contributed by atoms with Crippen LogP contribution in [0, 0.1) is 0 Å². The molecule has 2 aromatic heterocycles. The van der Waals surface area contributed by atoms with Gasteiger partial charge in [-0.1, -0.05) is 31.9 Å². The Labute approximate surface area is 176 Å². The summed E-state index contributed by atoms with van der Waals surface area (Å²) in [6, 6.07) is 0. The van der Waals surface area contributed by atoms with Crippen LogP contribution in [0.5, 0.6) is 0 Å². The number of rotatable bonds is 9. The highest BCUT2D eigenvalue weighted by molar-refractivity contribution is 5.82. The summed E-state index contributed by atoms with van der Waals surface area (Å²) in [7, 11) is 0. The van der Waals surface area contributed by atoms with Gasteiger partial charge in [-0.25, -0.2) is 9.97 Å². The molecule has 0 radical (unpaired) electrons. The second-order valence-corrected chi connectivity index (χ2v) is 8.39. The van der Waals surface area contributed by atoms with Gasteiger partial charge in [0.15, 0.2) is 29.0 Å². The van der Waals surface area contributed by atoms with Crippen molar-refractivity contribution in [3.05, 3.63) is 5.82 Å². The van der Waals surface area contributed by atoms with Crippen molar-refractivity contribution < 1.29 is 19.3 Å². The third-order valence-electron chi connectivity index (χ3n) is 5.49. The highest BCUT2D eigenvalue weighted by Crippen LogP contribution is 2.43. The predicted octanol–water partition coefficient (Wildman–Crippen LogP) is 2.19. The summed E-state index contributed by atoms with van der Waals surface area (Å²) >= 11 is 0.